The summed E-state index contributed by atoms with van der Waals surface area (Å²) < 4.78 is 0. The number of fused-ring (bicyclic) bond motifs is 6. The fraction of sp³-hybridized carbons (Fsp3) is 0.571. The smallest absolute Gasteiger partial charge is 0.0220 e. The van der Waals surface area contributed by atoms with Gasteiger partial charge in [0.05, 0.1) is 0 Å². The van der Waals surface area contributed by atoms with Gasteiger partial charge >= 0.3 is 0 Å². The third-order valence-corrected chi connectivity index (χ3v) is 14.0. The molecule has 0 saturated carbocycles. The summed E-state index contributed by atoms with van der Waals surface area (Å²) in [6.45, 7) is 23.2. The Morgan fingerprint density at radius 1 is 0.375 bits per heavy atom. The Labute approximate surface area is 345 Å². The number of hydrogen-bond acceptors (Lipinski definition) is 0. The van der Waals surface area contributed by atoms with Crippen LogP contribution in [0, 0.1) is 39.5 Å². The van der Waals surface area contributed by atoms with Crippen LogP contribution in [0.4, 0.5) is 0 Å². The summed E-state index contributed by atoms with van der Waals surface area (Å²) in [5.41, 5.74) is 18.5. The van der Waals surface area contributed by atoms with Gasteiger partial charge < -0.3 is 0 Å². The Kier molecular flexibility index (Phi) is 16.1. The maximum absolute atomic E-state index is 2.53. The minimum Gasteiger partial charge on any atom is -0.0654 e. The molecule has 304 valence electrons. The van der Waals surface area contributed by atoms with Crippen molar-refractivity contribution in [3.05, 3.63) is 117 Å². The number of hydrogen-bond donors (Lipinski definition) is 0. The molecule has 0 aromatic heterocycles. The standard InChI is InChI=1S/C31H46.C25H34/c1-5-7-9-11-13-15-21-31(22-16-14-12-10-8-6-2)29-23-25(3)17-19-27(29)28-20-18-26(4)24-30(28)31;1-7-17(3)15-25(16-18(4)8-2)23-13-19(5)9-11-21(23)22-12-10-20(6)14-24(22)25/h17-20,23-24H,5-16,21-22H2,1-4H3;9-14,17-18H,7-8,15-16H2,1-6H3. The first kappa shape index (κ1) is 44.0. The molecule has 2 unspecified atom stereocenters. The second-order valence-corrected chi connectivity index (χ2v) is 18.8. The maximum atomic E-state index is 2.53. The monoisotopic (exact) mass is 753 g/mol. The average Bonchev–Trinajstić information content (AvgIpc) is 3.59. The Hall–Kier alpha value is -3.12. The van der Waals surface area contributed by atoms with Crippen LogP contribution in [0.1, 0.15) is 202 Å². The lowest BCUT2D eigenvalue weighted by Crippen LogP contribution is -2.30. The first-order valence-corrected chi connectivity index (χ1v) is 23.5. The minimum absolute atomic E-state index is 0.188. The maximum Gasteiger partial charge on any atom is 0.0220 e. The van der Waals surface area contributed by atoms with Crippen LogP contribution in [0.25, 0.3) is 22.3 Å². The molecule has 0 heterocycles. The van der Waals surface area contributed by atoms with Gasteiger partial charge in [-0.3, -0.25) is 0 Å². The molecule has 0 aliphatic heterocycles. The Bertz CT molecular complexity index is 1700. The molecular formula is C56H80. The van der Waals surface area contributed by atoms with Crippen LogP contribution in [0.15, 0.2) is 72.8 Å². The lowest BCUT2D eigenvalue weighted by atomic mass is 9.66. The van der Waals surface area contributed by atoms with Gasteiger partial charge in [-0.15, -0.1) is 0 Å². The van der Waals surface area contributed by atoms with E-state index >= 15 is 0 Å². The second-order valence-electron chi connectivity index (χ2n) is 18.8. The van der Waals surface area contributed by atoms with Crippen molar-refractivity contribution in [1.29, 1.82) is 0 Å². The molecular weight excluding hydrogens is 673 g/mol. The number of rotatable bonds is 20. The predicted molar refractivity (Wildman–Crippen MR) is 248 cm³/mol. The fourth-order valence-electron chi connectivity index (χ4n) is 10.5. The molecule has 6 rings (SSSR count). The third kappa shape index (κ3) is 9.93. The second kappa shape index (κ2) is 20.5. The van der Waals surface area contributed by atoms with Gasteiger partial charge in [0.15, 0.2) is 0 Å². The van der Waals surface area contributed by atoms with Gasteiger partial charge in [0.1, 0.15) is 0 Å². The summed E-state index contributed by atoms with van der Waals surface area (Å²) in [5.74, 6) is 1.48. The van der Waals surface area contributed by atoms with Gasteiger partial charge in [-0.2, -0.15) is 0 Å². The molecule has 56 heavy (non-hydrogen) atoms. The van der Waals surface area contributed by atoms with Crippen LogP contribution in [0.3, 0.4) is 0 Å². The van der Waals surface area contributed by atoms with E-state index in [4.69, 9.17) is 0 Å². The Morgan fingerprint density at radius 2 is 0.661 bits per heavy atom. The predicted octanol–water partition coefficient (Wildman–Crippen LogP) is 17.5. The Morgan fingerprint density at radius 3 is 0.964 bits per heavy atom. The first-order chi connectivity index (χ1) is 27.0. The molecule has 0 radical (unpaired) electrons. The average molecular weight is 753 g/mol. The lowest BCUT2D eigenvalue weighted by molar-refractivity contribution is 0.308. The van der Waals surface area contributed by atoms with Crippen molar-refractivity contribution >= 4 is 0 Å². The SMILES string of the molecule is CCC(C)CC1(CC(C)CC)c2cc(C)ccc2-c2ccc(C)cc21.CCCCCCCCC1(CCCCCCCC)c2cc(C)ccc2-c2ccc(C)cc21. The zero-order valence-electron chi connectivity index (χ0n) is 37.8. The lowest BCUT2D eigenvalue weighted by Gasteiger charge is -2.37. The van der Waals surface area contributed by atoms with E-state index in [-0.39, 0.29) is 10.8 Å². The summed E-state index contributed by atoms with van der Waals surface area (Å²) in [6, 6.07) is 28.8. The summed E-state index contributed by atoms with van der Waals surface area (Å²) in [7, 11) is 0. The summed E-state index contributed by atoms with van der Waals surface area (Å²) in [4.78, 5) is 0. The molecule has 0 spiro atoms. The molecule has 0 fully saturated rings. The van der Waals surface area contributed by atoms with E-state index in [0.29, 0.717) is 0 Å². The zero-order valence-corrected chi connectivity index (χ0v) is 37.8. The third-order valence-electron chi connectivity index (χ3n) is 14.0. The van der Waals surface area contributed by atoms with Crippen LogP contribution in [0.2, 0.25) is 0 Å². The van der Waals surface area contributed by atoms with Crippen LogP contribution >= 0.6 is 0 Å². The van der Waals surface area contributed by atoms with Crippen molar-refractivity contribution in [3.63, 3.8) is 0 Å². The van der Waals surface area contributed by atoms with Crippen LogP contribution in [0.5, 0.6) is 0 Å². The summed E-state index contributed by atoms with van der Waals surface area (Å²) in [6.07, 6.45) is 24.3. The molecule has 2 aliphatic rings. The van der Waals surface area contributed by atoms with E-state index in [1.165, 1.54) is 160 Å². The molecule has 0 nitrogen and oxygen atoms in total. The minimum atomic E-state index is 0.188. The van der Waals surface area contributed by atoms with E-state index in [2.05, 4.69) is 142 Å². The number of unbranched alkanes of at least 4 members (excludes halogenated alkanes) is 10. The quantitative estimate of drug-likeness (QED) is 0.0789. The van der Waals surface area contributed by atoms with Gasteiger partial charge in [0.25, 0.3) is 0 Å². The van der Waals surface area contributed by atoms with Gasteiger partial charge in [-0.1, -0.05) is 226 Å². The molecule has 0 bridgehead atoms. The van der Waals surface area contributed by atoms with Gasteiger partial charge in [-0.25, -0.2) is 0 Å². The van der Waals surface area contributed by atoms with E-state index in [9.17, 15) is 0 Å². The number of aryl methyl sites for hydroxylation is 4. The van der Waals surface area contributed by atoms with Crippen LogP contribution in [-0.2, 0) is 10.8 Å². The largest absolute Gasteiger partial charge is 0.0654 e. The van der Waals surface area contributed by atoms with Crippen molar-refractivity contribution in [3.8, 4) is 22.3 Å². The number of benzene rings is 4. The summed E-state index contributed by atoms with van der Waals surface area (Å²) >= 11 is 0. The summed E-state index contributed by atoms with van der Waals surface area (Å²) in [5, 5.41) is 0. The zero-order chi connectivity index (χ0) is 40.3. The van der Waals surface area contributed by atoms with Gasteiger partial charge in [0.2, 0.25) is 0 Å². The van der Waals surface area contributed by atoms with E-state index < -0.39 is 0 Å². The molecule has 2 atom stereocenters. The van der Waals surface area contributed by atoms with E-state index in [0.717, 1.165) is 11.8 Å². The van der Waals surface area contributed by atoms with Crippen molar-refractivity contribution in [2.45, 2.75) is 196 Å². The molecule has 0 saturated heterocycles. The molecule has 0 N–H and O–H groups in total. The van der Waals surface area contributed by atoms with Gasteiger partial charge in [0, 0.05) is 10.8 Å². The van der Waals surface area contributed by atoms with Crippen molar-refractivity contribution < 1.29 is 0 Å². The normalized spacial score (nSPS) is 15.3. The highest BCUT2D eigenvalue weighted by molar-refractivity contribution is 5.83. The van der Waals surface area contributed by atoms with Crippen molar-refractivity contribution in [2.75, 3.05) is 0 Å². The van der Waals surface area contributed by atoms with Crippen LogP contribution in [-0.4, -0.2) is 0 Å². The highest BCUT2D eigenvalue weighted by Crippen LogP contribution is 2.56. The van der Waals surface area contributed by atoms with Crippen LogP contribution < -0.4 is 0 Å². The molecule has 4 aromatic carbocycles. The van der Waals surface area contributed by atoms with E-state index in [1.54, 1.807) is 22.3 Å². The topological polar surface area (TPSA) is 0 Å². The van der Waals surface area contributed by atoms with Crippen molar-refractivity contribution in [2.24, 2.45) is 11.8 Å². The fourth-order valence-corrected chi connectivity index (χ4v) is 10.5. The van der Waals surface area contributed by atoms with E-state index in [1.807, 2.05) is 0 Å². The highest BCUT2D eigenvalue weighted by atomic mass is 14.5. The molecule has 0 amide bonds. The molecule has 4 aromatic rings. The highest BCUT2D eigenvalue weighted by Gasteiger charge is 2.45. The Balaban J connectivity index is 0.000000219. The molecule has 0 heteroatoms. The van der Waals surface area contributed by atoms with Gasteiger partial charge in [-0.05, 0) is 110 Å². The first-order valence-electron chi connectivity index (χ1n) is 23.5. The molecule has 2 aliphatic carbocycles. The van der Waals surface area contributed by atoms with Crippen molar-refractivity contribution in [1.82, 2.24) is 0 Å².